The number of aromatic hydroxyl groups is 1. The number of hydrogen-bond acceptors (Lipinski definition) is 4. The van der Waals surface area contributed by atoms with Crippen molar-refractivity contribution in [2.75, 3.05) is 0 Å². The lowest BCUT2D eigenvalue weighted by atomic mass is 10.2. The summed E-state index contributed by atoms with van der Waals surface area (Å²) in [6.07, 6.45) is 0. The molecular formula is C17H11ClN2O3. The van der Waals surface area contributed by atoms with Gasteiger partial charge in [-0.1, -0.05) is 29.8 Å². The van der Waals surface area contributed by atoms with E-state index in [9.17, 15) is 9.90 Å². The molecule has 23 heavy (non-hydrogen) atoms. The second-order valence-corrected chi connectivity index (χ2v) is 5.12. The zero-order valence-electron chi connectivity index (χ0n) is 11.8. The van der Waals surface area contributed by atoms with Crippen LogP contribution in [0.2, 0.25) is 5.02 Å². The van der Waals surface area contributed by atoms with Crippen LogP contribution in [-0.4, -0.2) is 11.0 Å². The van der Waals surface area contributed by atoms with Gasteiger partial charge in [0.25, 0.3) is 5.91 Å². The number of furan rings is 1. The molecule has 2 aromatic carbocycles. The number of rotatable bonds is 3. The fourth-order valence-electron chi connectivity index (χ4n) is 1.94. The normalized spacial score (nSPS) is 11.0. The van der Waals surface area contributed by atoms with Gasteiger partial charge in [0.15, 0.2) is 5.69 Å². The molecule has 114 valence electrons. The molecule has 0 bridgehead atoms. The molecule has 0 aliphatic carbocycles. The average molecular weight is 327 g/mol. The smallest absolute Gasteiger partial charge is 0.311 e. The molecule has 0 saturated heterocycles. The Bertz CT molecular complexity index is 855. The molecule has 1 aromatic heterocycles. The molecule has 0 aliphatic rings. The van der Waals surface area contributed by atoms with E-state index in [0.29, 0.717) is 16.3 Å². The summed E-state index contributed by atoms with van der Waals surface area (Å²) in [5, 5.41) is 17.7. The van der Waals surface area contributed by atoms with E-state index in [-0.39, 0.29) is 5.69 Å². The highest BCUT2D eigenvalue weighted by Crippen LogP contribution is 2.36. The summed E-state index contributed by atoms with van der Waals surface area (Å²) in [6.45, 7) is 0. The Hall–Kier alpha value is -2.92. The molecular weight excluding hydrogens is 316 g/mol. The number of azo groups is 1. The van der Waals surface area contributed by atoms with Crippen LogP contribution in [0, 0.1) is 0 Å². The monoisotopic (exact) mass is 326 g/mol. The topological polar surface area (TPSA) is 75.2 Å². The van der Waals surface area contributed by atoms with Gasteiger partial charge >= 0.3 is 5.95 Å². The molecule has 1 amide bonds. The fraction of sp³-hybridized carbons (Fsp3) is 0. The minimum Gasteiger partial charge on any atom is -0.479 e. The van der Waals surface area contributed by atoms with Crippen LogP contribution in [0.1, 0.15) is 10.4 Å². The number of halogens is 1. The van der Waals surface area contributed by atoms with Gasteiger partial charge in [0.1, 0.15) is 5.76 Å². The lowest BCUT2D eigenvalue weighted by molar-refractivity contribution is 0.0995. The largest absolute Gasteiger partial charge is 0.479 e. The van der Waals surface area contributed by atoms with E-state index in [1.165, 1.54) is 6.07 Å². The predicted molar refractivity (Wildman–Crippen MR) is 86.1 cm³/mol. The lowest BCUT2D eigenvalue weighted by Crippen LogP contribution is -1.91. The third kappa shape index (κ3) is 3.46. The molecule has 1 N–H and O–H groups in total. The Kier molecular flexibility index (Phi) is 4.21. The maximum Gasteiger partial charge on any atom is 0.311 e. The van der Waals surface area contributed by atoms with E-state index < -0.39 is 11.9 Å². The molecule has 0 fully saturated rings. The molecule has 0 spiro atoms. The van der Waals surface area contributed by atoms with Crippen LogP contribution < -0.4 is 0 Å². The van der Waals surface area contributed by atoms with E-state index in [4.69, 9.17) is 16.0 Å². The van der Waals surface area contributed by atoms with Crippen molar-refractivity contribution in [2.24, 2.45) is 10.2 Å². The van der Waals surface area contributed by atoms with E-state index in [1.54, 1.807) is 54.6 Å². The molecule has 0 radical (unpaired) electrons. The summed E-state index contributed by atoms with van der Waals surface area (Å²) >= 11 is 5.83. The Balaban J connectivity index is 1.83. The van der Waals surface area contributed by atoms with Gasteiger partial charge < -0.3 is 9.52 Å². The van der Waals surface area contributed by atoms with Gasteiger partial charge in [-0.25, -0.2) is 0 Å². The number of amides is 1. The highest BCUT2D eigenvalue weighted by atomic mass is 35.5. The van der Waals surface area contributed by atoms with Crippen LogP contribution in [0.4, 0.5) is 5.69 Å². The second kappa shape index (κ2) is 6.46. The van der Waals surface area contributed by atoms with Crippen LogP contribution in [0.3, 0.4) is 0 Å². The summed E-state index contributed by atoms with van der Waals surface area (Å²) in [5.74, 6) is -0.501. The minimum absolute atomic E-state index is 0.0826. The van der Waals surface area contributed by atoms with Crippen LogP contribution in [-0.2, 0) is 0 Å². The number of hydrogen-bond donors (Lipinski definition) is 1. The standard InChI is InChI=1S/C17H11ClN2O3/c18-13-8-6-11(7-9-13)15-10-14(17(22)23-15)19-20-16(21)12-4-2-1-3-5-12/h1-10,22H. The van der Waals surface area contributed by atoms with Crippen molar-refractivity contribution in [1.29, 1.82) is 0 Å². The van der Waals surface area contributed by atoms with E-state index in [2.05, 4.69) is 10.2 Å². The first-order valence-electron chi connectivity index (χ1n) is 6.73. The number of carbonyl (C=O) groups excluding carboxylic acids is 1. The molecule has 0 saturated carbocycles. The average Bonchev–Trinajstić information content (AvgIpc) is 2.95. The zero-order chi connectivity index (χ0) is 16.2. The molecule has 1 heterocycles. The van der Waals surface area contributed by atoms with Crippen LogP contribution in [0.5, 0.6) is 5.95 Å². The van der Waals surface area contributed by atoms with Crippen molar-refractivity contribution in [3.8, 4) is 17.3 Å². The van der Waals surface area contributed by atoms with E-state index in [0.717, 1.165) is 5.56 Å². The van der Waals surface area contributed by atoms with Crippen molar-refractivity contribution < 1.29 is 14.3 Å². The van der Waals surface area contributed by atoms with Crippen molar-refractivity contribution in [1.82, 2.24) is 0 Å². The van der Waals surface area contributed by atoms with Crippen LogP contribution in [0.25, 0.3) is 11.3 Å². The summed E-state index contributed by atoms with van der Waals surface area (Å²) < 4.78 is 5.23. The quantitative estimate of drug-likeness (QED) is 0.669. The van der Waals surface area contributed by atoms with Gasteiger partial charge in [0.05, 0.1) is 0 Å². The third-order valence-electron chi connectivity index (χ3n) is 3.09. The lowest BCUT2D eigenvalue weighted by Gasteiger charge is -1.95. The van der Waals surface area contributed by atoms with E-state index >= 15 is 0 Å². The maximum absolute atomic E-state index is 11.9. The minimum atomic E-state index is -0.501. The molecule has 6 heteroatoms. The second-order valence-electron chi connectivity index (χ2n) is 4.68. The zero-order valence-corrected chi connectivity index (χ0v) is 12.6. The van der Waals surface area contributed by atoms with Crippen molar-refractivity contribution in [3.05, 3.63) is 71.2 Å². The summed E-state index contributed by atoms with van der Waals surface area (Å²) in [4.78, 5) is 11.9. The first-order chi connectivity index (χ1) is 11.1. The van der Waals surface area contributed by atoms with Gasteiger partial charge in [0.2, 0.25) is 0 Å². The number of benzene rings is 2. The Morgan fingerprint density at radius 1 is 1.04 bits per heavy atom. The fourth-order valence-corrected chi connectivity index (χ4v) is 2.06. The van der Waals surface area contributed by atoms with Gasteiger partial charge in [-0.05, 0) is 36.4 Å². The molecule has 0 unspecified atom stereocenters. The SMILES string of the molecule is O=C(N=Nc1cc(-c2ccc(Cl)cc2)oc1O)c1ccccc1. The van der Waals surface area contributed by atoms with Crippen molar-refractivity contribution in [2.45, 2.75) is 0 Å². The first-order valence-corrected chi connectivity index (χ1v) is 7.11. The Labute approximate surface area is 136 Å². The van der Waals surface area contributed by atoms with Crippen molar-refractivity contribution in [3.63, 3.8) is 0 Å². The maximum atomic E-state index is 11.9. The van der Waals surface area contributed by atoms with Gasteiger partial charge in [-0.3, -0.25) is 4.79 Å². The summed E-state index contributed by atoms with van der Waals surface area (Å²) in [7, 11) is 0. The third-order valence-corrected chi connectivity index (χ3v) is 3.34. The van der Waals surface area contributed by atoms with Gasteiger partial charge in [0, 0.05) is 22.2 Å². The number of carbonyl (C=O) groups is 1. The van der Waals surface area contributed by atoms with Crippen LogP contribution >= 0.6 is 11.6 Å². The Morgan fingerprint density at radius 2 is 1.74 bits per heavy atom. The Morgan fingerprint density at radius 3 is 2.43 bits per heavy atom. The van der Waals surface area contributed by atoms with Gasteiger partial charge in [-0.2, -0.15) is 0 Å². The summed E-state index contributed by atoms with van der Waals surface area (Å²) in [5.41, 5.74) is 1.22. The van der Waals surface area contributed by atoms with Gasteiger partial charge in [-0.15, -0.1) is 10.2 Å². The molecule has 5 nitrogen and oxygen atoms in total. The van der Waals surface area contributed by atoms with Crippen LogP contribution in [0.15, 0.2) is 75.3 Å². The first kappa shape index (κ1) is 15.0. The molecule has 3 rings (SSSR count). The summed E-state index contributed by atoms with van der Waals surface area (Å²) in [6, 6.07) is 16.9. The molecule has 0 atom stereocenters. The highest BCUT2D eigenvalue weighted by molar-refractivity contribution is 6.30. The molecule has 0 aliphatic heterocycles. The van der Waals surface area contributed by atoms with E-state index in [1.807, 2.05) is 0 Å². The number of nitrogens with zero attached hydrogens (tertiary/aromatic N) is 2. The predicted octanol–water partition coefficient (Wildman–Crippen LogP) is 5.23. The molecule has 3 aromatic rings. The highest BCUT2D eigenvalue weighted by Gasteiger charge is 2.12. The van der Waals surface area contributed by atoms with Crippen molar-refractivity contribution >= 4 is 23.2 Å².